The van der Waals surface area contributed by atoms with Crippen LogP contribution in [0.4, 0.5) is 11.5 Å². The van der Waals surface area contributed by atoms with Crippen LogP contribution in [0.1, 0.15) is 18.0 Å². The van der Waals surface area contributed by atoms with E-state index < -0.39 is 12.0 Å². The lowest BCUT2D eigenvalue weighted by Crippen LogP contribution is -2.22. The molecule has 0 saturated carbocycles. The summed E-state index contributed by atoms with van der Waals surface area (Å²) >= 11 is 5.45. The van der Waals surface area contributed by atoms with Crippen molar-refractivity contribution in [2.45, 2.75) is 12.5 Å². The Morgan fingerprint density at radius 3 is 2.37 bits per heavy atom. The van der Waals surface area contributed by atoms with Crippen LogP contribution in [0.15, 0.2) is 109 Å². The standard InChI is InChI=1S/C30H25N5O2S/c31-24(23-14-8-12-20-9-4-5-13-22(20)23)19-29(36)37-27-16-7-6-15-26(27)32-30(38)33-28-18-17-25(34-35-28)21-10-2-1-3-11-21/h1-18,24H,19,31H2,(H2,32,33,35,38). The van der Waals surface area contributed by atoms with Gasteiger partial charge >= 0.3 is 5.97 Å². The third kappa shape index (κ3) is 6.00. The zero-order valence-electron chi connectivity index (χ0n) is 20.4. The topological polar surface area (TPSA) is 102 Å². The average molecular weight is 520 g/mol. The van der Waals surface area contributed by atoms with E-state index >= 15 is 0 Å². The van der Waals surface area contributed by atoms with Crippen LogP contribution >= 0.6 is 12.2 Å². The van der Waals surface area contributed by atoms with E-state index in [1.54, 1.807) is 24.3 Å². The molecule has 1 atom stereocenters. The highest BCUT2D eigenvalue weighted by Gasteiger charge is 2.17. The van der Waals surface area contributed by atoms with Crippen molar-refractivity contribution >= 4 is 45.6 Å². The number of ether oxygens (including phenoxy) is 1. The number of para-hydroxylation sites is 2. The predicted octanol–water partition coefficient (Wildman–Crippen LogP) is 6.10. The van der Waals surface area contributed by atoms with E-state index in [0.717, 1.165) is 27.6 Å². The molecule has 0 aliphatic carbocycles. The number of carbonyl (C=O) groups is 1. The normalized spacial score (nSPS) is 11.5. The average Bonchev–Trinajstić information content (AvgIpc) is 2.94. The van der Waals surface area contributed by atoms with Gasteiger partial charge in [0.15, 0.2) is 16.7 Å². The summed E-state index contributed by atoms with van der Waals surface area (Å²) in [6.45, 7) is 0. The second-order valence-corrected chi connectivity index (χ2v) is 9.01. The molecule has 188 valence electrons. The molecule has 1 heterocycles. The fourth-order valence-corrected chi connectivity index (χ4v) is 4.33. The number of carbonyl (C=O) groups excluding carboxylic acids is 1. The zero-order valence-corrected chi connectivity index (χ0v) is 21.2. The molecule has 38 heavy (non-hydrogen) atoms. The number of hydrogen-bond donors (Lipinski definition) is 3. The largest absolute Gasteiger partial charge is 0.424 e. The van der Waals surface area contributed by atoms with Gasteiger partial charge < -0.3 is 21.1 Å². The van der Waals surface area contributed by atoms with Crippen LogP contribution in [0, 0.1) is 0 Å². The Bertz CT molecular complexity index is 1570. The molecule has 7 nitrogen and oxygen atoms in total. The van der Waals surface area contributed by atoms with Gasteiger partial charge in [0.25, 0.3) is 0 Å². The van der Waals surface area contributed by atoms with Gasteiger partial charge in [-0.25, -0.2) is 0 Å². The van der Waals surface area contributed by atoms with Crippen LogP contribution in [0.3, 0.4) is 0 Å². The highest BCUT2D eigenvalue weighted by atomic mass is 32.1. The SMILES string of the molecule is NC(CC(=O)Oc1ccccc1NC(=S)Nc1ccc(-c2ccccc2)nn1)c1cccc2ccccc12. The van der Waals surface area contributed by atoms with Crippen LogP contribution in [-0.2, 0) is 4.79 Å². The van der Waals surface area contributed by atoms with Crippen LogP contribution in [0.25, 0.3) is 22.0 Å². The molecular weight excluding hydrogens is 494 g/mol. The molecule has 1 unspecified atom stereocenters. The van der Waals surface area contributed by atoms with E-state index in [1.165, 1.54) is 0 Å². The smallest absolute Gasteiger partial charge is 0.313 e. The Kier molecular flexibility index (Phi) is 7.63. The molecule has 0 bridgehead atoms. The molecule has 0 saturated heterocycles. The van der Waals surface area contributed by atoms with E-state index in [1.807, 2.05) is 84.9 Å². The summed E-state index contributed by atoms with van der Waals surface area (Å²) in [7, 11) is 0. The summed E-state index contributed by atoms with van der Waals surface area (Å²) in [6.07, 6.45) is 0.0222. The number of nitrogens with one attached hydrogen (secondary N) is 2. The number of esters is 1. The molecule has 5 aromatic rings. The third-order valence-electron chi connectivity index (χ3n) is 5.94. The van der Waals surface area contributed by atoms with Gasteiger partial charge in [-0.2, -0.15) is 0 Å². The molecule has 0 fully saturated rings. The molecule has 4 N–H and O–H groups in total. The molecule has 4 aromatic carbocycles. The quantitative estimate of drug-likeness (QED) is 0.135. The second kappa shape index (κ2) is 11.6. The molecule has 0 aliphatic rings. The molecule has 8 heteroatoms. The van der Waals surface area contributed by atoms with E-state index in [0.29, 0.717) is 17.3 Å². The number of anilines is 2. The van der Waals surface area contributed by atoms with Gasteiger partial charge in [-0.3, -0.25) is 4.79 Å². The summed E-state index contributed by atoms with van der Waals surface area (Å²) in [5.74, 6) is 0.385. The third-order valence-corrected chi connectivity index (χ3v) is 6.15. The van der Waals surface area contributed by atoms with Crippen molar-refractivity contribution in [3.05, 3.63) is 115 Å². The summed E-state index contributed by atoms with van der Waals surface area (Å²) in [4.78, 5) is 12.8. The van der Waals surface area contributed by atoms with Crippen LogP contribution < -0.4 is 21.1 Å². The molecule has 1 aromatic heterocycles. The van der Waals surface area contributed by atoms with Gasteiger partial charge in [0.05, 0.1) is 17.8 Å². The molecule has 0 radical (unpaired) electrons. The lowest BCUT2D eigenvalue weighted by atomic mass is 9.97. The zero-order chi connectivity index (χ0) is 26.3. The number of nitrogens with two attached hydrogens (primary N) is 1. The molecule has 0 amide bonds. The number of hydrogen-bond acceptors (Lipinski definition) is 6. The molecule has 0 spiro atoms. The first-order chi connectivity index (χ1) is 18.6. The second-order valence-electron chi connectivity index (χ2n) is 8.60. The number of nitrogens with zero attached hydrogens (tertiary/aromatic N) is 2. The first-order valence-electron chi connectivity index (χ1n) is 12.1. The maximum Gasteiger partial charge on any atom is 0.313 e. The molecule has 0 aliphatic heterocycles. The Morgan fingerprint density at radius 1 is 0.816 bits per heavy atom. The Labute approximate surface area is 225 Å². The van der Waals surface area contributed by atoms with Gasteiger partial charge in [-0.1, -0.05) is 84.9 Å². The van der Waals surface area contributed by atoms with Crippen molar-refractivity contribution in [1.29, 1.82) is 0 Å². The van der Waals surface area contributed by atoms with E-state index in [-0.39, 0.29) is 11.5 Å². The minimum atomic E-state index is -0.506. The predicted molar refractivity (Wildman–Crippen MR) is 155 cm³/mol. The summed E-state index contributed by atoms with van der Waals surface area (Å²) in [5.41, 5.74) is 9.57. The van der Waals surface area contributed by atoms with Crippen LogP contribution in [0.2, 0.25) is 0 Å². The lowest BCUT2D eigenvalue weighted by molar-refractivity contribution is -0.134. The fourth-order valence-electron chi connectivity index (χ4n) is 4.12. The number of benzene rings is 4. The highest BCUT2D eigenvalue weighted by Crippen LogP contribution is 2.28. The number of aromatic nitrogens is 2. The minimum Gasteiger partial charge on any atom is -0.424 e. The molecule has 5 rings (SSSR count). The van der Waals surface area contributed by atoms with Gasteiger partial charge in [0, 0.05) is 11.6 Å². The summed E-state index contributed by atoms with van der Waals surface area (Å²) < 4.78 is 5.67. The first-order valence-corrected chi connectivity index (χ1v) is 12.5. The van der Waals surface area contributed by atoms with E-state index in [2.05, 4.69) is 20.8 Å². The van der Waals surface area contributed by atoms with Crippen molar-refractivity contribution in [3.8, 4) is 17.0 Å². The molecular formula is C30H25N5O2S. The van der Waals surface area contributed by atoms with Crippen molar-refractivity contribution in [2.24, 2.45) is 5.73 Å². The van der Waals surface area contributed by atoms with Crippen LogP contribution in [-0.4, -0.2) is 21.3 Å². The van der Waals surface area contributed by atoms with Crippen molar-refractivity contribution in [1.82, 2.24) is 10.2 Å². The van der Waals surface area contributed by atoms with Gasteiger partial charge in [0.2, 0.25) is 0 Å². The lowest BCUT2D eigenvalue weighted by Gasteiger charge is -2.16. The number of fused-ring (bicyclic) bond motifs is 1. The maximum atomic E-state index is 12.8. The van der Waals surface area contributed by atoms with Crippen LogP contribution in [0.5, 0.6) is 5.75 Å². The summed E-state index contributed by atoms with van der Waals surface area (Å²) in [5, 5.41) is 16.9. The number of thiocarbonyl (C=S) groups is 1. The van der Waals surface area contributed by atoms with Crippen molar-refractivity contribution < 1.29 is 9.53 Å². The van der Waals surface area contributed by atoms with E-state index in [4.69, 9.17) is 22.7 Å². The van der Waals surface area contributed by atoms with Crippen molar-refractivity contribution in [3.63, 3.8) is 0 Å². The summed E-state index contributed by atoms with van der Waals surface area (Å²) in [6, 6.07) is 33.9. The van der Waals surface area contributed by atoms with Gasteiger partial charge in [-0.05, 0) is 52.8 Å². The highest BCUT2D eigenvalue weighted by molar-refractivity contribution is 7.80. The minimum absolute atomic E-state index is 0.0222. The maximum absolute atomic E-state index is 12.8. The van der Waals surface area contributed by atoms with Gasteiger partial charge in [-0.15, -0.1) is 10.2 Å². The Morgan fingerprint density at radius 2 is 1.55 bits per heavy atom. The van der Waals surface area contributed by atoms with Gasteiger partial charge in [0.1, 0.15) is 0 Å². The fraction of sp³-hybridized carbons (Fsp3) is 0.0667. The first kappa shape index (κ1) is 25.0. The van der Waals surface area contributed by atoms with E-state index in [9.17, 15) is 4.79 Å². The monoisotopic (exact) mass is 519 g/mol. The number of rotatable bonds is 7. The van der Waals surface area contributed by atoms with Crippen molar-refractivity contribution in [2.75, 3.05) is 10.6 Å². The Balaban J connectivity index is 1.21. The Hall–Kier alpha value is -4.66.